The van der Waals surface area contributed by atoms with Crippen molar-refractivity contribution in [1.82, 2.24) is 5.32 Å². The first-order valence-electron chi connectivity index (χ1n) is 45.3. The summed E-state index contributed by atoms with van der Waals surface area (Å²) >= 11 is 1.70. The first kappa shape index (κ1) is 119. The minimum Gasteiger partial charge on any atom is -0.744 e. The zero-order chi connectivity index (χ0) is 94.0. The Balaban J connectivity index is 0.864. The number of carbonyl (C=O) groups is 2. The second kappa shape index (κ2) is 82.5. The van der Waals surface area contributed by atoms with E-state index in [1.807, 2.05) is 49.4 Å². The van der Waals surface area contributed by atoms with E-state index < -0.39 is 20.9 Å². The lowest BCUT2D eigenvalue weighted by atomic mass is 9.77. The number of esters is 1. The van der Waals surface area contributed by atoms with E-state index in [9.17, 15) is 33.1 Å². The molecule has 42 heteroatoms. The number of amides is 1. The Morgan fingerprint density at radius 2 is 0.809 bits per heavy atom. The number of anilines is 1. The molecule has 0 fully saturated rings. The first-order chi connectivity index (χ1) is 64.2. The molecule has 1 unspecified atom stereocenters. The maximum absolute atomic E-state index is 12.8. The summed E-state index contributed by atoms with van der Waals surface area (Å²) in [5, 5.41) is 31.4. The lowest BCUT2D eigenvalue weighted by molar-refractivity contribution is -0.777. The second-order valence-corrected chi connectivity index (χ2v) is 32.6. The van der Waals surface area contributed by atoms with Gasteiger partial charge in [-0.1, -0.05) is 31.1 Å². The van der Waals surface area contributed by atoms with E-state index in [0.717, 1.165) is 65.3 Å². The van der Waals surface area contributed by atoms with Gasteiger partial charge in [-0.15, -0.1) is 0 Å². The van der Waals surface area contributed by atoms with Gasteiger partial charge >= 0.3 is 5.97 Å². The van der Waals surface area contributed by atoms with Crippen LogP contribution in [0.1, 0.15) is 96.1 Å². The van der Waals surface area contributed by atoms with Crippen molar-refractivity contribution in [3.05, 3.63) is 83.6 Å². The van der Waals surface area contributed by atoms with Crippen molar-refractivity contribution in [2.24, 2.45) is 0 Å². The van der Waals surface area contributed by atoms with Gasteiger partial charge in [0, 0.05) is 96.7 Å². The van der Waals surface area contributed by atoms with Crippen molar-refractivity contribution in [3.63, 3.8) is 0 Å². The number of nitrogens with zero attached hydrogens (tertiary/aromatic N) is 2. The highest BCUT2D eigenvalue weighted by molar-refractivity contribution is 7.94. The summed E-state index contributed by atoms with van der Waals surface area (Å²) in [5.41, 5.74) is 4.12. The minimum atomic E-state index is -4.78. The molecule has 0 saturated heterocycles. The number of carbonyl (C=O) groups excluding carboxylic acids is 2. The SMILES string of the molecule is COCCOCCOCCOCCOCCOCCOCCOCCOCCOCCOCCOCCOCCOCCOCCOCCOCCOCCOCCOCCOCCOCCOCCOCCNC(=O)CCCCC[N+]1=C(C=CC=CC=C2N(CCCSOO[O-])c3ccc(S(=O)(=O)[O-])cc3C2(C)CCCCCC(=O)OC)C(C)(C)c2cc(SOO[O-])ccc21. The molecule has 1 N–H and O–H groups in total. The maximum Gasteiger partial charge on any atom is 0.305 e. The fraction of sp³-hybridized carbons (Fsp3) is 0.764. The van der Waals surface area contributed by atoms with Crippen molar-refractivity contribution in [2.45, 2.75) is 106 Å². The van der Waals surface area contributed by atoms with Crippen LogP contribution in [-0.2, 0) is 168 Å². The molecular formula is C89H149N3O36S3-2. The molecule has 0 aliphatic carbocycles. The molecule has 131 heavy (non-hydrogen) atoms. The van der Waals surface area contributed by atoms with E-state index in [-0.39, 0.29) is 23.2 Å². The zero-order valence-electron chi connectivity index (χ0n) is 77.8. The van der Waals surface area contributed by atoms with Crippen LogP contribution in [0.3, 0.4) is 0 Å². The van der Waals surface area contributed by atoms with Crippen LogP contribution in [0.5, 0.6) is 0 Å². The van der Waals surface area contributed by atoms with Crippen LogP contribution in [0.25, 0.3) is 0 Å². The third-order valence-electron chi connectivity index (χ3n) is 19.7. The molecular weight excluding hydrogens is 1780 g/mol. The predicted octanol–water partition coefficient (Wildman–Crippen LogP) is 6.06. The molecule has 0 spiro atoms. The third-order valence-corrected chi connectivity index (χ3v) is 21.7. The highest BCUT2D eigenvalue weighted by atomic mass is 32.2. The highest BCUT2D eigenvalue weighted by Crippen LogP contribution is 2.52. The normalized spacial score (nSPS) is 14.7. The van der Waals surface area contributed by atoms with Gasteiger partial charge in [0.25, 0.3) is 0 Å². The molecule has 0 saturated carbocycles. The monoisotopic (exact) mass is 1930 g/mol. The van der Waals surface area contributed by atoms with Crippen LogP contribution in [-0.4, -0.2) is 385 Å². The lowest BCUT2D eigenvalue weighted by Crippen LogP contribution is -2.29. The van der Waals surface area contributed by atoms with Crippen LogP contribution in [0.2, 0.25) is 0 Å². The second-order valence-electron chi connectivity index (χ2n) is 29.7. The van der Waals surface area contributed by atoms with Crippen molar-refractivity contribution < 1.29 is 175 Å². The molecule has 0 bridgehead atoms. The zero-order valence-corrected chi connectivity index (χ0v) is 80.2. The topological polar surface area (TPSA) is 423 Å². The number of rotatable bonds is 97. The summed E-state index contributed by atoms with van der Waals surface area (Å²) < 4.78 is 186. The Bertz CT molecular complexity index is 3360. The number of hydrogen-bond donors (Lipinski definition) is 1. The summed E-state index contributed by atoms with van der Waals surface area (Å²) in [6.07, 6.45) is 15.9. The quantitative estimate of drug-likeness (QED) is 0.0115. The van der Waals surface area contributed by atoms with E-state index in [2.05, 4.69) is 53.5 Å². The number of allylic oxidation sites excluding steroid dienone is 6. The van der Waals surface area contributed by atoms with Crippen molar-refractivity contribution in [1.29, 1.82) is 0 Å². The van der Waals surface area contributed by atoms with E-state index in [4.69, 9.17) is 118 Å². The van der Waals surface area contributed by atoms with Crippen LogP contribution in [0.15, 0.2) is 82.3 Å². The first-order valence-corrected chi connectivity index (χ1v) is 48.3. The van der Waals surface area contributed by atoms with Crippen LogP contribution in [0, 0.1) is 0 Å². The predicted molar refractivity (Wildman–Crippen MR) is 479 cm³/mol. The smallest absolute Gasteiger partial charge is 0.305 e. The van der Waals surface area contributed by atoms with Crippen molar-refractivity contribution >= 4 is 63.2 Å². The van der Waals surface area contributed by atoms with E-state index >= 15 is 0 Å². The highest BCUT2D eigenvalue weighted by Gasteiger charge is 2.45. The molecule has 39 nitrogen and oxygen atoms in total. The molecule has 4 rings (SSSR count). The number of ether oxygens (including phenoxy) is 25. The Labute approximate surface area is 783 Å². The number of fused-ring (bicyclic) bond motifs is 2. The van der Waals surface area contributed by atoms with Gasteiger partial charge in [0.2, 0.25) is 11.6 Å². The molecule has 2 heterocycles. The molecule has 2 aliphatic heterocycles. The fourth-order valence-electron chi connectivity index (χ4n) is 13.1. The average molecular weight is 1930 g/mol. The van der Waals surface area contributed by atoms with E-state index in [1.54, 1.807) is 13.2 Å². The van der Waals surface area contributed by atoms with Crippen LogP contribution >= 0.6 is 24.1 Å². The van der Waals surface area contributed by atoms with Gasteiger partial charge in [0.05, 0.1) is 340 Å². The van der Waals surface area contributed by atoms with Gasteiger partial charge in [0.15, 0.2) is 5.71 Å². The summed E-state index contributed by atoms with van der Waals surface area (Å²) in [5.74, 6) is 0.0675. The number of methoxy groups -OCH3 is 2. The van der Waals surface area contributed by atoms with Gasteiger partial charge in [-0.3, -0.25) is 19.7 Å². The summed E-state index contributed by atoms with van der Waals surface area (Å²) in [7, 11) is -1.79. The standard InChI is InChI=1S/C89H151N3O36S3/c1-88(2)80-76-78(130-128-126-96)20-22-82(80)91(84(88)16-9-6-10-17-85-89(3,24-13-7-12-19-87(94)101-5)81-77-79(131(97,98)99)21-23-83(81)92(85)27-15-75-129-127-125-95)26-14-8-11-18-86(93)90-25-28-102-31-32-104-35-36-106-39-40-108-43-44-110-47-48-112-51-52-114-55-56-116-59-60-118-63-64-120-67-68-122-71-72-124-74-73-123-70-69-121-66-65-119-62-61-117-58-57-115-54-53-113-50-49-111-46-45-109-42-41-107-38-37-105-34-33-103-30-29-100-4/h6,9-10,16-17,20-23,76-77H,7-8,11-15,18-19,24-75H2,1-5H3,(H3-,90,93,95,96,97,98,99)/p-2. The summed E-state index contributed by atoms with van der Waals surface area (Å²) in [4.78, 5) is 27.2. The van der Waals surface area contributed by atoms with Gasteiger partial charge in [-0.05, 0) is 94.8 Å². The summed E-state index contributed by atoms with van der Waals surface area (Å²) in [6.45, 7) is 29.8. The number of nitrogens with one attached hydrogen (secondary N) is 1. The molecule has 0 radical (unpaired) electrons. The largest absolute Gasteiger partial charge is 0.744 e. The van der Waals surface area contributed by atoms with Crippen molar-refractivity contribution in [2.75, 3.05) is 355 Å². The Morgan fingerprint density at radius 3 is 1.19 bits per heavy atom. The average Bonchev–Trinajstić information content (AvgIpc) is 1.59. The van der Waals surface area contributed by atoms with E-state index in [1.165, 1.54) is 19.2 Å². The molecule has 756 valence electrons. The molecule has 1 amide bonds. The molecule has 2 aromatic carbocycles. The Kier molecular flexibility index (Phi) is 74.8. The van der Waals surface area contributed by atoms with E-state index in [0.29, 0.717) is 391 Å². The Hall–Kier alpha value is -4.52. The van der Waals surface area contributed by atoms with Crippen molar-refractivity contribution in [3.8, 4) is 0 Å². The van der Waals surface area contributed by atoms with Gasteiger partial charge < -0.3 is 144 Å². The minimum absolute atomic E-state index is 0.0538. The van der Waals surface area contributed by atoms with Crippen LogP contribution < -0.4 is 20.7 Å². The maximum atomic E-state index is 12.8. The Morgan fingerprint density at radius 1 is 0.427 bits per heavy atom. The fourth-order valence-corrected chi connectivity index (χ4v) is 14.3. The number of benzene rings is 2. The van der Waals surface area contributed by atoms with Gasteiger partial charge in [0.1, 0.15) is 16.7 Å². The number of hydrogen-bond acceptors (Lipinski definition) is 39. The third kappa shape index (κ3) is 59.4. The van der Waals surface area contributed by atoms with Gasteiger partial charge in [-0.25, -0.2) is 8.42 Å². The molecule has 0 aromatic heterocycles. The molecule has 2 aliphatic rings. The molecule has 1 atom stereocenters. The molecule has 2 aromatic rings. The van der Waals surface area contributed by atoms with Crippen LogP contribution in [0.4, 0.5) is 11.4 Å². The number of unbranched alkanes of at least 4 members (excludes halogenated alkanes) is 4. The lowest BCUT2D eigenvalue weighted by Gasteiger charge is -2.30. The van der Waals surface area contributed by atoms with Gasteiger partial charge in [-0.2, -0.15) is 13.2 Å². The summed E-state index contributed by atoms with van der Waals surface area (Å²) in [6, 6.07) is 10.3.